The molecule has 1 unspecified atom stereocenters. The molecule has 0 aromatic rings. The third-order valence-electron chi connectivity index (χ3n) is 1.84. The van der Waals surface area contributed by atoms with Gasteiger partial charge in [-0.25, -0.2) is 0 Å². The van der Waals surface area contributed by atoms with Crippen LogP contribution in [-0.4, -0.2) is 17.8 Å². The molecule has 16 heavy (non-hydrogen) atoms. The molecule has 0 fully saturated rings. The van der Waals surface area contributed by atoms with Crippen molar-refractivity contribution >= 4 is 23.5 Å². The molecule has 0 aromatic heterocycles. The van der Waals surface area contributed by atoms with Crippen LogP contribution in [0.25, 0.3) is 0 Å². The average molecular weight is 295 g/mol. The van der Waals surface area contributed by atoms with Crippen LogP contribution in [0.2, 0.25) is 0 Å². The molecule has 0 saturated carbocycles. The Hall–Kier alpha value is -0.276. The number of aliphatic carboxylic acids is 2. The topological polar surface area (TPSA) is 80.3 Å². The van der Waals surface area contributed by atoms with Crippen molar-refractivity contribution in [3.8, 4) is 0 Å². The molecule has 0 heterocycles. The van der Waals surface area contributed by atoms with E-state index >= 15 is 0 Å². The number of carbonyl (C=O) groups is 2. The summed E-state index contributed by atoms with van der Waals surface area (Å²) in [6.07, 6.45) is 3.52. The van der Waals surface area contributed by atoms with Crippen LogP contribution in [0.5, 0.6) is 0 Å². The van der Waals surface area contributed by atoms with E-state index in [0.717, 1.165) is 19.3 Å². The number of alkyl halides is 1. The van der Waals surface area contributed by atoms with Crippen LogP contribution in [0, 0.1) is 5.92 Å². The summed E-state index contributed by atoms with van der Waals surface area (Å²) < 4.78 is 0. The first kappa shape index (κ1) is 21.1. The van der Waals surface area contributed by atoms with Crippen molar-refractivity contribution < 1.29 is 36.3 Å². The largest absolute Gasteiger partial charge is 2.00 e. The summed E-state index contributed by atoms with van der Waals surface area (Å²) in [5, 5.41) is 19.5. The summed E-state index contributed by atoms with van der Waals surface area (Å²) in [6, 6.07) is 0. The summed E-state index contributed by atoms with van der Waals surface area (Å²) in [5.41, 5.74) is 0. The Morgan fingerprint density at radius 3 is 1.88 bits per heavy atom. The van der Waals surface area contributed by atoms with Crippen molar-refractivity contribution in [2.45, 2.75) is 39.5 Å². The van der Waals surface area contributed by atoms with Crippen molar-refractivity contribution in [2.24, 2.45) is 5.92 Å². The van der Waals surface area contributed by atoms with Gasteiger partial charge in [0.2, 0.25) is 0 Å². The van der Waals surface area contributed by atoms with Gasteiger partial charge in [-0.05, 0) is 18.8 Å². The van der Waals surface area contributed by atoms with Gasteiger partial charge in [0, 0.05) is 5.97 Å². The van der Waals surface area contributed by atoms with E-state index in [2.05, 4.69) is 18.5 Å². The molecule has 4 nitrogen and oxygen atoms in total. The fourth-order valence-electron chi connectivity index (χ4n) is 0.939. The standard InChI is InChI=1S/C8H16O2.C2H3ClO2.Ni/c1-3-5-6-7(4-2)8(9)10;3-1-2(4)5;/h7H,3-6H2,1-2H3,(H,9,10);1H2,(H,4,5);/q;;+2/p-2. The quantitative estimate of drug-likeness (QED) is 0.507. The number of unbranched alkanes of at least 4 members (excludes halogenated alkanes) is 1. The van der Waals surface area contributed by atoms with E-state index in [9.17, 15) is 9.90 Å². The van der Waals surface area contributed by atoms with Crippen LogP contribution in [0.4, 0.5) is 0 Å². The molecule has 0 bridgehead atoms. The predicted octanol–water partition coefficient (Wildman–Crippen LogP) is -0.0747. The number of halogens is 1. The predicted molar refractivity (Wildman–Crippen MR) is 54.0 cm³/mol. The zero-order chi connectivity index (χ0) is 12.3. The summed E-state index contributed by atoms with van der Waals surface area (Å²) in [4.78, 5) is 19.5. The summed E-state index contributed by atoms with van der Waals surface area (Å²) in [7, 11) is 0. The summed E-state index contributed by atoms with van der Waals surface area (Å²) in [5.74, 6) is -2.76. The van der Waals surface area contributed by atoms with E-state index in [1.807, 2.05) is 6.92 Å². The Bertz CT molecular complexity index is 188. The van der Waals surface area contributed by atoms with Crippen LogP contribution in [0.1, 0.15) is 39.5 Å². The molecule has 0 aliphatic heterocycles. The van der Waals surface area contributed by atoms with Crippen LogP contribution >= 0.6 is 11.6 Å². The van der Waals surface area contributed by atoms with Gasteiger partial charge in [-0.15, -0.1) is 11.6 Å². The maximum atomic E-state index is 10.3. The van der Waals surface area contributed by atoms with Crippen molar-refractivity contribution in [1.82, 2.24) is 0 Å². The second-order valence-corrected chi connectivity index (χ2v) is 3.34. The molecule has 0 amide bonds. The Kier molecular flexibility index (Phi) is 19.4. The monoisotopic (exact) mass is 294 g/mol. The maximum absolute atomic E-state index is 10.3. The van der Waals surface area contributed by atoms with Gasteiger partial charge in [0.25, 0.3) is 0 Å². The van der Waals surface area contributed by atoms with Crippen LogP contribution in [0.15, 0.2) is 0 Å². The van der Waals surface area contributed by atoms with E-state index < -0.39 is 17.8 Å². The minimum atomic E-state index is -1.23. The van der Waals surface area contributed by atoms with Gasteiger partial charge in [0.1, 0.15) is 0 Å². The number of rotatable bonds is 6. The Balaban J connectivity index is -0.000000242. The van der Waals surface area contributed by atoms with Crippen molar-refractivity contribution in [3.05, 3.63) is 0 Å². The van der Waals surface area contributed by atoms with Gasteiger partial charge < -0.3 is 19.8 Å². The molecule has 0 rings (SSSR count). The fourth-order valence-corrected chi connectivity index (χ4v) is 0.939. The fraction of sp³-hybridized carbons (Fsp3) is 0.800. The number of hydrogen-bond acceptors (Lipinski definition) is 4. The number of carbonyl (C=O) groups excluding carboxylic acids is 2. The number of carboxylic acids is 2. The van der Waals surface area contributed by atoms with Crippen molar-refractivity contribution in [3.63, 3.8) is 0 Å². The molecule has 0 aliphatic rings. The molecule has 0 saturated heterocycles. The van der Waals surface area contributed by atoms with E-state index in [1.54, 1.807) is 0 Å². The molecule has 0 radical (unpaired) electrons. The number of carboxylic acid groups (broad SMARTS) is 2. The van der Waals surface area contributed by atoms with Gasteiger partial charge in [-0.3, -0.25) is 0 Å². The van der Waals surface area contributed by atoms with Crippen molar-refractivity contribution in [2.75, 3.05) is 5.88 Å². The first-order valence-corrected chi connectivity index (χ1v) is 5.49. The summed E-state index contributed by atoms with van der Waals surface area (Å²) >= 11 is 4.67. The Labute approximate surface area is 111 Å². The second kappa shape index (κ2) is 14.7. The summed E-state index contributed by atoms with van der Waals surface area (Å²) in [6.45, 7) is 3.94. The molecule has 98 valence electrons. The van der Waals surface area contributed by atoms with Crippen LogP contribution in [0.3, 0.4) is 0 Å². The first-order chi connectivity index (χ1) is 6.99. The first-order valence-electron chi connectivity index (χ1n) is 4.96. The van der Waals surface area contributed by atoms with Crippen LogP contribution in [-0.2, 0) is 26.1 Å². The molecular formula is C10H17ClNiO4. The maximum Gasteiger partial charge on any atom is 2.00 e. The van der Waals surface area contributed by atoms with E-state index in [0.29, 0.717) is 6.42 Å². The molecule has 0 spiro atoms. The van der Waals surface area contributed by atoms with Gasteiger partial charge in [-0.2, -0.15) is 0 Å². The molecular weight excluding hydrogens is 278 g/mol. The second-order valence-electron chi connectivity index (χ2n) is 3.07. The molecule has 0 aliphatic carbocycles. The zero-order valence-corrected chi connectivity index (χ0v) is 11.2. The van der Waals surface area contributed by atoms with Gasteiger partial charge >= 0.3 is 16.5 Å². The van der Waals surface area contributed by atoms with E-state index in [4.69, 9.17) is 9.90 Å². The van der Waals surface area contributed by atoms with Gasteiger partial charge in [0.05, 0.1) is 11.8 Å². The minimum absolute atomic E-state index is 0. The Morgan fingerprint density at radius 2 is 1.69 bits per heavy atom. The van der Waals surface area contributed by atoms with Gasteiger partial charge in [0.15, 0.2) is 0 Å². The third-order valence-corrected chi connectivity index (χ3v) is 2.06. The molecule has 1 atom stereocenters. The zero-order valence-electron chi connectivity index (χ0n) is 9.44. The normalized spacial score (nSPS) is 10.4. The van der Waals surface area contributed by atoms with E-state index in [-0.39, 0.29) is 22.4 Å². The SMILES string of the molecule is CCCCC(CC)C(=O)[O-].O=C([O-])CCl.[Ni+2]. The van der Waals surface area contributed by atoms with Crippen LogP contribution < -0.4 is 10.2 Å². The molecule has 6 heteroatoms. The minimum Gasteiger partial charge on any atom is -0.550 e. The average Bonchev–Trinajstić information content (AvgIpc) is 2.19. The molecule has 0 N–H and O–H groups in total. The smallest absolute Gasteiger partial charge is 0.550 e. The van der Waals surface area contributed by atoms with Gasteiger partial charge in [-0.1, -0.05) is 26.7 Å². The molecule has 0 aromatic carbocycles. The van der Waals surface area contributed by atoms with E-state index in [1.165, 1.54) is 0 Å². The number of hydrogen-bond donors (Lipinski definition) is 0. The Morgan fingerprint density at radius 1 is 1.25 bits per heavy atom. The third kappa shape index (κ3) is 16.2. The van der Waals surface area contributed by atoms with Crippen molar-refractivity contribution in [1.29, 1.82) is 0 Å².